The predicted octanol–water partition coefficient (Wildman–Crippen LogP) is 6.19. The van der Waals surface area contributed by atoms with Gasteiger partial charge >= 0.3 is 5.97 Å². The molecule has 0 aliphatic carbocycles. The van der Waals surface area contributed by atoms with Gasteiger partial charge in [0.05, 0.1) is 16.5 Å². The SMILES string of the molecule is CC(=O)C(=O)c1c(C)n(Cc2cccc(-c3ccc(F)cc3)c2)c2c1c(OCC(=O)O)cc1ccccc12. The van der Waals surface area contributed by atoms with Crippen LogP contribution < -0.4 is 4.74 Å². The third-order valence-corrected chi connectivity index (χ3v) is 6.62. The average molecular weight is 510 g/mol. The average Bonchev–Trinajstić information content (AvgIpc) is 3.19. The smallest absolute Gasteiger partial charge is 0.341 e. The first-order valence-electron chi connectivity index (χ1n) is 12.0. The van der Waals surface area contributed by atoms with Gasteiger partial charge in [-0.3, -0.25) is 9.59 Å². The quantitative estimate of drug-likeness (QED) is 0.199. The number of ether oxygens (including phenoxy) is 1. The molecule has 0 saturated heterocycles. The van der Waals surface area contributed by atoms with Crippen LogP contribution >= 0.6 is 0 Å². The molecule has 0 aliphatic rings. The molecule has 0 saturated carbocycles. The van der Waals surface area contributed by atoms with Crippen LogP contribution in [0.3, 0.4) is 0 Å². The molecule has 0 fully saturated rings. The lowest BCUT2D eigenvalue weighted by Gasteiger charge is -2.13. The van der Waals surface area contributed by atoms with E-state index in [1.807, 2.05) is 53.1 Å². The van der Waals surface area contributed by atoms with Crippen molar-refractivity contribution < 1.29 is 28.6 Å². The van der Waals surface area contributed by atoms with Crippen molar-refractivity contribution in [3.05, 3.63) is 102 Å². The number of hydrogen-bond donors (Lipinski definition) is 1. The Morgan fingerprint density at radius 1 is 0.921 bits per heavy atom. The highest BCUT2D eigenvalue weighted by atomic mass is 19.1. The Kier molecular flexibility index (Phi) is 6.51. The van der Waals surface area contributed by atoms with Crippen molar-refractivity contribution >= 4 is 39.2 Å². The number of carboxylic acids is 1. The number of carbonyl (C=O) groups is 3. The first-order chi connectivity index (χ1) is 18.2. The maximum absolute atomic E-state index is 13.4. The van der Waals surface area contributed by atoms with Crippen LogP contribution in [0.4, 0.5) is 4.39 Å². The number of rotatable bonds is 8. The van der Waals surface area contributed by atoms with Crippen LogP contribution in [-0.2, 0) is 16.1 Å². The molecule has 5 aromatic rings. The van der Waals surface area contributed by atoms with Crippen LogP contribution in [0.25, 0.3) is 32.8 Å². The number of hydrogen-bond acceptors (Lipinski definition) is 4. The van der Waals surface area contributed by atoms with Gasteiger partial charge in [-0.05, 0) is 53.3 Å². The zero-order valence-electron chi connectivity index (χ0n) is 20.8. The summed E-state index contributed by atoms with van der Waals surface area (Å²) < 4.78 is 21.1. The summed E-state index contributed by atoms with van der Waals surface area (Å²) in [6, 6.07) is 23.3. The predicted molar refractivity (Wildman–Crippen MR) is 143 cm³/mol. The number of ketones is 2. The highest BCUT2D eigenvalue weighted by molar-refractivity contribution is 6.46. The number of carbonyl (C=O) groups excluding carboxylic acids is 2. The van der Waals surface area contributed by atoms with Gasteiger partial charge in [0.15, 0.2) is 12.4 Å². The van der Waals surface area contributed by atoms with E-state index in [0.717, 1.165) is 27.5 Å². The molecule has 0 radical (unpaired) electrons. The second-order valence-electron chi connectivity index (χ2n) is 9.14. The Morgan fingerprint density at radius 2 is 1.66 bits per heavy atom. The largest absolute Gasteiger partial charge is 0.481 e. The Bertz CT molecular complexity index is 1730. The van der Waals surface area contributed by atoms with Crippen LogP contribution in [0.1, 0.15) is 28.5 Å². The Labute approximate surface area is 217 Å². The molecule has 0 aliphatic heterocycles. The summed E-state index contributed by atoms with van der Waals surface area (Å²) in [5.74, 6) is -2.52. The fraction of sp³-hybridized carbons (Fsp3) is 0.129. The Hall–Kier alpha value is -4.78. The normalized spacial score (nSPS) is 11.1. The molecule has 0 atom stereocenters. The Morgan fingerprint density at radius 3 is 2.37 bits per heavy atom. The van der Waals surface area contributed by atoms with Gasteiger partial charge < -0.3 is 14.4 Å². The molecule has 1 N–H and O–H groups in total. The molecular weight excluding hydrogens is 485 g/mol. The maximum Gasteiger partial charge on any atom is 0.341 e. The molecule has 7 heteroatoms. The minimum atomic E-state index is -1.15. The Balaban J connectivity index is 1.75. The molecule has 1 aromatic heterocycles. The summed E-state index contributed by atoms with van der Waals surface area (Å²) in [5, 5.41) is 11.3. The second-order valence-corrected chi connectivity index (χ2v) is 9.14. The van der Waals surface area contributed by atoms with Crippen molar-refractivity contribution in [1.29, 1.82) is 0 Å². The van der Waals surface area contributed by atoms with Crippen molar-refractivity contribution in [3.8, 4) is 16.9 Å². The van der Waals surface area contributed by atoms with E-state index in [2.05, 4.69) is 0 Å². The molecule has 0 unspecified atom stereocenters. The zero-order chi connectivity index (χ0) is 27.0. The van der Waals surface area contributed by atoms with E-state index in [-0.39, 0.29) is 17.1 Å². The number of nitrogens with zero attached hydrogens (tertiary/aromatic N) is 1. The molecular formula is C31H24FNO5. The van der Waals surface area contributed by atoms with Gasteiger partial charge in [0, 0.05) is 24.5 Å². The molecule has 0 bridgehead atoms. The summed E-state index contributed by atoms with van der Waals surface area (Å²) in [4.78, 5) is 36.7. The van der Waals surface area contributed by atoms with E-state index >= 15 is 0 Å². The zero-order valence-corrected chi connectivity index (χ0v) is 20.8. The monoisotopic (exact) mass is 509 g/mol. The van der Waals surface area contributed by atoms with Crippen LogP contribution in [-0.4, -0.2) is 33.8 Å². The summed E-state index contributed by atoms with van der Waals surface area (Å²) in [5.41, 5.74) is 4.15. The van der Waals surface area contributed by atoms with Crippen molar-refractivity contribution in [2.45, 2.75) is 20.4 Å². The first-order valence-corrected chi connectivity index (χ1v) is 12.0. The van der Waals surface area contributed by atoms with Crippen LogP contribution in [0.15, 0.2) is 78.9 Å². The molecule has 5 rings (SSSR count). The van der Waals surface area contributed by atoms with Gasteiger partial charge in [-0.2, -0.15) is 0 Å². The second kappa shape index (κ2) is 9.94. The van der Waals surface area contributed by atoms with Gasteiger partial charge in [-0.1, -0.05) is 54.6 Å². The van der Waals surface area contributed by atoms with Crippen LogP contribution in [0, 0.1) is 12.7 Å². The minimum absolute atomic E-state index is 0.202. The van der Waals surface area contributed by atoms with E-state index in [1.54, 1.807) is 25.1 Å². The highest BCUT2D eigenvalue weighted by Gasteiger charge is 2.27. The first kappa shape index (κ1) is 24.9. The van der Waals surface area contributed by atoms with Crippen molar-refractivity contribution in [2.24, 2.45) is 0 Å². The molecule has 0 amide bonds. The number of Topliss-reactive ketones (excluding diaryl/α,β-unsaturated/α-hetero) is 2. The van der Waals surface area contributed by atoms with Crippen molar-refractivity contribution in [3.63, 3.8) is 0 Å². The molecule has 1 heterocycles. The van der Waals surface area contributed by atoms with Crippen molar-refractivity contribution in [2.75, 3.05) is 6.61 Å². The molecule has 190 valence electrons. The van der Waals surface area contributed by atoms with Crippen LogP contribution in [0.2, 0.25) is 0 Å². The minimum Gasteiger partial charge on any atom is -0.481 e. The number of aliphatic carboxylic acids is 1. The van der Waals surface area contributed by atoms with Gasteiger partial charge in [0.2, 0.25) is 5.78 Å². The fourth-order valence-electron chi connectivity index (χ4n) is 4.89. The number of halogens is 1. The fourth-order valence-corrected chi connectivity index (χ4v) is 4.89. The molecule has 38 heavy (non-hydrogen) atoms. The summed E-state index contributed by atoms with van der Waals surface area (Å²) in [6.45, 7) is 2.77. The van der Waals surface area contributed by atoms with E-state index in [9.17, 15) is 23.9 Å². The third kappa shape index (κ3) is 4.54. The van der Waals surface area contributed by atoms with E-state index < -0.39 is 24.1 Å². The van der Waals surface area contributed by atoms with Gasteiger partial charge in [-0.15, -0.1) is 0 Å². The third-order valence-electron chi connectivity index (χ3n) is 6.62. The lowest BCUT2D eigenvalue weighted by molar-refractivity contribution is -0.139. The number of benzene rings is 4. The number of carboxylic acid groups (broad SMARTS) is 1. The molecule has 4 aromatic carbocycles. The van der Waals surface area contributed by atoms with Gasteiger partial charge in [-0.25, -0.2) is 9.18 Å². The van der Waals surface area contributed by atoms with E-state index in [0.29, 0.717) is 23.1 Å². The topological polar surface area (TPSA) is 85.6 Å². The standard InChI is InChI=1S/C31H24FNO5/c1-18-28(31(37)19(2)34)29-26(38-17-27(35)36)15-23-7-3-4-9-25(23)30(29)33(18)16-20-6-5-8-22(14-20)21-10-12-24(32)13-11-21/h3-15H,16-17H2,1-2H3,(H,35,36). The van der Waals surface area contributed by atoms with Crippen molar-refractivity contribution in [1.82, 2.24) is 4.57 Å². The summed E-state index contributed by atoms with van der Waals surface area (Å²) in [7, 11) is 0. The van der Waals surface area contributed by atoms with Gasteiger partial charge in [0.1, 0.15) is 11.6 Å². The maximum atomic E-state index is 13.4. The summed E-state index contributed by atoms with van der Waals surface area (Å²) >= 11 is 0. The van der Waals surface area contributed by atoms with E-state index in [1.165, 1.54) is 19.1 Å². The lowest BCUT2D eigenvalue weighted by atomic mass is 10.00. The van der Waals surface area contributed by atoms with E-state index in [4.69, 9.17) is 4.74 Å². The molecule has 6 nitrogen and oxygen atoms in total. The number of fused-ring (bicyclic) bond motifs is 3. The lowest BCUT2D eigenvalue weighted by Crippen LogP contribution is -2.13. The van der Waals surface area contributed by atoms with Crippen LogP contribution in [0.5, 0.6) is 5.75 Å². The molecule has 0 spiro atoms. The number of aromatic nitrogens is 1. The van der Waals surface area contributed by atoms with Gasteiger partial charge in [0.25, 0.3) is 0 Å². The highest BCUT2D eigenvalue weighted by Crippen LogP contribution is 2.40. The summed E-state index contributed by atoms with van der Waals surface area (Å²) in [6.07, 6.45) is 0.